The minimum absolute atomic E-state index is 0.170. The van der Waals surface area contributed by atoms with Gasteiger partial charge in [-0.2, -0.15) is 0 Å². The number of rotatable bonds is 3. The highest BCUT2D eigenvalue weighted by molar-refractivity contribution is 7.22. The van der Waals surface area contributed by atoms with Crippen molar-refractivity contribution in [2.75, 3.05) is 5.32 Å². The molecule has 8 heteroatoms. The number of aromatic nitrogens is 1. The maximum Gasteiger partial charge on any atom is 0.249 e. The molecule has 3 amide bonds. The number of imide groups is 1. The Kier molecular flexibility index (Phi) is 4.04. The molecule has 1 aliphatic heterocycles. The van der Waals surface area contributed by atoms with E-state index in [2.05, 4.69) is 10.3 Å². The summed E-state index contributed by atoms with van der Waals surface area (Å²) in [6.07, 6.45) is 3.02. The van der Waals surface area contributed by atoms with E-state index in [0.717, 1.165) is 29.5 Å². The van der Waals surface area contributed by atoms with Crippen LogP contribution in [-0.2, 0) is 14.4 Å². The van der Waals surface area contributed by atoms with Crippen LogP contribution in [0.2, 0.25) is 5.02 Å². The molecule has 2 aromatic rings. The molecule has 1 aromatic heterocycles. The predicted octanol–water partition coefficient (Wildman–Crippen LogP) is 3.62. The highest BCUT2D eigenvalue weighted by atomic mass is 35.5. The zero-order valence-electron chi connectivity index (χ0n) is 15.6. The van der Waals surface area contributed by atoms with Gasteiger partial charge in [-0.3, -0.25) is 19.3 Å². The highest BCUT2D eigenvalue weighted by Crippen LogP contribution is 2.56. The van der Waals surface area contributed by atoms with Crippen LogP contribution in [0.5, 0.6) is 0 Å². The van der Waals surface area contributed by atoms with Crippen molar-refractivity contribution in [3.63, 3.8) is 0 Å². The molecule has 3 aliphatic rings. The Morgan fingerprint density at radius 2 is 1.89 bits per heavy atom. The number of thiazole rings is 1. The van der Waals surface area contributed by atoms with Crippen molar-refractivity contribution in [3.8, 4) is 0 Å². The van der Waals surface area contributed by atoms with E-state index in [-0.39, 0.29) is 23.7 Å². The van der Waals surface area contributed by atoms with Crippen molar-refractivity contribution in [2.24, 2.45) is 23.7 Å². The van der Waals surface area contributed by atoms with Gasteiger partial charge in [0.25, 0.3) is 0 Å². The lowest BCUT2D eigenvalue weighted by atomic mass is 9.81. The Morgan fingerprint density at radius 1 is 1.25 bits per heavy atom. The maximum absolute atomic E-state index is 12.9. The number of carbonyl (C=O) groups is 3. The number of carbonyl (C=O) groups excluding carboxylic acids is 3. The molecular weight excluding hydrogens is 398 g/mol. The second-order valence-electron chi connectivity index (χ2n) is 8.18. The van der Waals surface area contributed by atoms with Gasteiger partial charge in [0.05, 0.1) is 22.1 Å². The van der Waals surface area contributed by atoms with Crippen LogP contribution in [0.25, 0.3) is 10.2 Å². The molecule has 2 saturated carbocycles. The number of likely N-dealkylation sites (tertiary alicyclic amines) is 1. The normalized spacial score (nSPS) is 29.6. The van der Waals surface area contributed by atoms with Crippen LogP contribution >= 0.6 is 22.9 Å². The number of nitrogens with one attached hydrogen (secondary N) is 1. The fourth-order valence-electron chi connectivity index (χ4n) is 5.24. The van der Waals surface area contributed by atoms with Crippen molar-refractivity contribution < 1.29 is 14.4 Å². The number of benzene rings is 1. The first kappa shape index (κ1) is 18.1. The average Bonchev–Trinajstić information content (AvgIpc) is 3.39. The summed E-state index contributed by atoms with van der Waals surface area (Å²) in [6, 6.07) is 2.85. The van der Waals surface area contributed by atoms with Crippen molar-refractivity contribution in [1.29, 1.82) is 0 Å². The molecule has 0 spiro atoms. The molecule has 0 unspecified atom stereocenters. The summed E-state index contributed by atoms with van der Waals surface area (Å²) < 4.78 is 0.921. The van der Waals surface area contributed by atoms with Gasteiger partial charge in [-0.25, -0.2) is 4.98 Å². The van der Waals surface area contributed by atoms with Crippen molar-refractivity contribution in [2.45, 2.75) is 39.2 Å². The monoisotopic (exact) mass is 417 g/mol. The van der Waals surface area contributed by atoms with Gasteiger partial charge in [0.2, 0.25) is 17.7 Å². The lowest BCUT2D eigenvalue weighted by Gasteiger charge is -2.23. The smallest absolute Gasteiger partial charge is 0.249 e. The van der Waals surface area contributed by atoms with Gasteiger partial charge in [-0.05, 0) is 62.6 Å². The first-order valence-corrected chi connectivity index (χ1v) is 10.8. The largest absolute Gasteiger partial charge is 0.300 e. The summed E-state index contributed by atoms with van der Waals surface area (Å²) >= 11 is 7.49. The maximum atomic E-state index is 12.9. The fraction of sp³-hybridized carbons (Fsp3) is 0.500. The first-order chi connectivity index (χ1) is 13.3. The van der Waals surface area contributed by atoms with Gasteiger partial charge in [0, 0.05) is 5.02 Å². The third-order valence-electron chi connectivity index (χ3n) is 6.63. The van der Waals surface area contributed by atoms with E-state index in [1.54, 1.807) is 13.0 Å². The molecule has 5 atom stereocenters. The molecule has 146 valence electrons. The van der Waals surface area contributed by atoms with Crippen LogP contribution in [0.1, 0.15) is 31.7 Å². The van der Waals surface area contributed by atoms with Gasteiger partial charge in [-0.15, -0.1) is 0 Å². The van der Waals surface area contributed by atoms with Crippen LogP contribution in [-0.4, -0.2) is 33.6 Å². The third kappa shape index (κ3) is 2.52. The van der Waals surface area contributed by atoms with E-state index in [4.69, 9.17) is 11.6 Å². The molecule has 0 radical (unpaired) electrons. The number of anilines is 1. The van der Waals surface area contributed by atoms with E-state index in [1.165, 1.54) is 16.2 Å². The molecule has 2 heterocycles. The molecule has 6 nitrogen and oxygen atoms in total. The Morgan fingerprint density at radius 3 is 2.54 bits per heavy atom. The summed E-state index contributed by atoms with van der Waals surface area (Å²) in [6.45, 7) is 3.53. The van der Waals surface area contributed by atoms with Crippen molar-refractivity contribution >= 4 is 56.0 Å². The number of aryl methyl sites for hydroxylation is 1. The molecule has 2 aliphatic carbocycles. The van der Waals surface area contributed by atoms with Gasteiger partial charge < -0.3 is 5.32 Å². The third-order valence-corrected chi connectivity index (χ3v) is 7.97. The van der Waals surface area contributed by atoms with Crippen LogP contribution in [0.4, 0.5) is 5.13 Å². The number of fused-ring (bicyclic) bond motifs is 6. The van der Waals surface area contributed by atoms with Crippen LogP contribution in [0.3, 0.4) is 0 Å². The number of amides is 3. The van der Waals surface area contributed by atoms with Gasteiger partial charge >= 0.3 is 0 Å². The summed E-state index contributed by atoms with van der Waals surface area (Å²) in [5, 5.41) is 3.83. The van der Waals surface area contributed by atoms with Crippen LogP contribution in [0.15, 0.2) is 12.1 Å². The van der Waals surface area contributed by atoms with Crippen LogP contribution in [0, 0.1) is 30.6 Å². The van der Waals surface area contributed by atoms with E-state index in [0.29, 0.717) is 27.5 Å². The quantitative estimate of drug-likeness (QED) is 0.773. The molecule has 2 bridgehead atoms. The molecule has 1 saturated heterocycles. The molecule has 28 heavy (non-hydrogen) atoms. The number of hydrogen-bond acceptors (Lipinski definition) is 5. The molecule has 5 rings (SSSR count). The zero-order valence-corrected chi connectivity index (χ0v) is 17.1. The Labute approximate surface area is 171 Å². The standard InChI is InChI=1S/C20H20ClN3O3S/c1-8-5-14-13(7-12(8)21)22-20(28-14)23-17(25)9(2)24-18(26)15-10-3-4-11(6-10)16(15)19(24)27/h5,7,9-11,15-16H,3-4,6H2,1-2H3,(H,22,23,25)/t9-,10-,11-,15-,16+/m0/s1. The van der Waals surface area contributed by atoms with E-state index in [9.17, 15) is 14.4 Å². The Hall–Kier alpha value is -1.99. The molecular formula is C20H20ClN3O3S. The van der Waals surface area contributed by atoms with Gasteiger partial charge in [-0.1, -0.05) is 22.9 Å². The summed E-state index contributed by atoms with van der Waals surface area (Å²) in [4.78, 5) is 44.2. The molecule has 1 N–H and O–H groups in total. The van der Waals surface area contributed by atoms with Crippen LogP contribution < -0.4 is 5.32 Å². The Balaban J connectivity index is 1.36. The van der Waals surface area contributed by atoms with Gasteiger partial charge in [0.15, 0.2) is 5.13 Å². The predicted molar refractivity (Wildman–Crippen MR) is 107 cm³/mol. The van der Waals surface area contributed by atoms with E-state index in [1.807, 2.05) is 13.0 Å². The first-order valence-electron chi connectivity index (χ1n) is 9.59. The summed E-state index contributed by atoms with van der Waals surface area (Å²) in [5.74, 6) is -0.542. The number of nitrogens with zero attached hydrogens (tertiary/aromatic N) is 2. The minimum atomic E-state index is -0.845. The van der Waals surface area contributed by atoms with E-state index >= 15 is 0 Å². The number of hydrogen-bond donors (Lipinski definition) is 1. The lowest BCUT2D eigenvalue weighted by molar-refractivity contribution is -0.146. The number of halogens is 1. The Bertz CT molecular complexity index is 968. The summed E-state index contributed by atoms with van der Waals surface area (Å²) in [7, 11) is 0. The molecule has 3 fully saturated rings. The SMILES string of the molecule is Cc1cc2sc(NC(=O)[C@H](C)N3C(=O)[C@@H]4[C@H]5CC[C@@H](C5)[C@@H]4C3=O)nc2cc1Cl. The van der Waals surface area contributed by atoms with E-state index < -0.39 is 11.9 Å². The lowest BCUT2D eigenvalue weighted by Crippen LogP contribution is -2.46. The van der Waals surface area contributed by atoms with Gasteiger partial charge in [0.1, 0.15) is 6.04 Å². The highest BCUT2D eigenvalue weighted by Gasteiger charge is 2.62. The minimum Gasteiger partial charge on any atom is -0.300 e. The van der Waals surface area contributed by atoms with Crippen molar-refractivity contribution in [3.05, 3.63) is 22.7 Å². The topological polar surface area (TPSA) is 79.4 Å². The average molecular weight is 418 g/mol. The zero-order chi connectivity index (χ0) is 19.7. The second kappa shape index (κ2) is 6.26. The fourth-order valence-corrected chi connectivity index (χ4v) is 6.35. The van der Waals surface area contributed by atoms with Crippen molar-refractivity contribution in [1.82, 2.24) is 9.88 Å². The molecule has 1 aromatic carbocycles. The second-order valence-corrected chi connectivity index (χ2v) is 9.62. The summed E-state index contributed by atoms with van der Waals surface area (Å²) in [5.41, 5.74) is 1.65.